The van der Waals surface area contributed by atoms with Crippen LogP contribution in [0, 0.1) is 10.1 Å². The molecule has 1 aliphatic heterocycles. The van der Waals surface area contributed by atoms with E-state index < -0.39 is 15.8 Å². The summed E-state index contributed by atoms with van der Waals surface area (Å²) in [6, 6.07) is 15.1. The van der Waals surface area contributed by atoms with Crippen molar-refractivity contribution < 1.29 is 14.5 Å². The molecular formula is C17H17N3O4S. The fraction of sp³-hybridized carbons (Fsp3) is 0.235. The highest BCUT2D eigenvalue weighted by atomic mass is 32.2. The molecule has 1 unspecified atom stereocenters. The van der Waals surface area contributed by atoms with Crippen molar-refractivity contribution in [1.82, 2.24) is 4.31 Å². The average molecular weight is 359 g/mol. The molecule has 1 amide bonds. The van der Waals surface area contributed by atoms with Crippen molar-refractivity contribution >= 4 is 22.5 Å². The van der Waals surface area contributed by atoms with E-state index in [2.05, 4.69) is 8.67 Å². The topological polar surface area (TPSA) is 85.0 Å². The van der Waals surface area contributed by atoms with E-state index in [9.17, 15) is 14.9 Å². The second-order valence-corrected chi connectivity index (χ2v) is 7.02. The molecule has 8 heteroatoms. The van der Waals surface area contributed by atoms with Gasteiger partial charge < -0.3 is 4.74 Å². The number of rotatable bonds is 4. The SMILES string of the molecule is O=C(N=S(c1ccc([N+](=O)[O-])cc1)N1CCOCC1)c1ccccc1. The lowest BCUT2D eigenvalue weighted by molar-refractivity contribution is -0.384. The zero-order valence-corrected chi connectivity index (χ0v) is 14.2. The number of morpholine rings is 1. The minimum Gasteiger partial charge on any atom is -0.379 e. The van der Waals surface area contributed by atoms with Gasteiger partial charge in [-0.3, -0.25) is 14.9 Å². The van der Waals surface area contributed by atoms with Crippen LogP contribution in [0.2, 0.25) is 0 Å². The van der Waals surface area contributed by atoms with Crippen LogP contribution in [0.15, 0.2) is 63.9 Å². The third-order valence-electron chi connectivity index (χ3n) is 3.66. The van der Waals surface area contributed by atoms with E-state index in [4.69, 9.17) is 4.74 Å². The molecule has 1 atom stereocenters. The lowest BCUT2D eigenvalue weighted by Crippen LogP contribution is -2.37. The zero-order valence-electron chi connectivity index (χ0n) is 13.4. The van der Waals surface area contributed by atoms with E-state index in [0.717, 1.165) is 4.90 Å². The predicted molar refractivity (Wildman–Crippen MR) is 94.3 cm³/mol. The zero-order chi connectivity index (χ0) is 17.6. The Kier molecular flexibility index (Phi) is 5.64. The van der Waals surface area contributed by atoms with Crippen LogP contribution in [0.5, 0.6) is 0 Å². The van der Waals surface area contributed by atoms with Gasteiger partial charge in [0, 0.05) is 46.6 Å². The summed E-state index contributed by atoms with van der Waals surface area (Å²) in [5, 5.41) is 10.8. The number of nitro groups is 1. The fourth-order valence-corrected chi connectivity index (χ4v) is 4.04. The number of amides is 1. The van der Waals surface area contributed by atoms with Gasteiger partial charge in [-0.1, -0.05) is 18.2 Å². The van der Waals surface area contributed by atoms with Crippen LogP contribution < -0.4 is 0 Å². The van der Waals surface area contributed by atoms with Gasteiger partial charge >= 0.3 is 0 Å². The largest absolute Gasteiger partial charge is 0.379 e. The molecule has 3 rings (SSSR count). The minimum absolute atomic E-state index is 0.0173. The first kappa shape index (κ1) is 17.4. The van der Waals surface area contributed by atoms with Crippen LogP contribution in [0.25, 0.3) is 0 Å². The Hall–Kier alpha value is -2.42. The lowest BCUT2D eigenvalue weighted by Gasteiger charge is -2.28. The summed E-state index contributed by atoms with van der Waals surface area (Å²) in [7, 11) is -0.820. The summed E-state index contributed by atoms with van der Waals surface area (Å²) in [6.45, 7) is 2.47. The molecule has 7 nitrogen and oxygen atoms in total. The number of carbonyl (C=O) groups excluding carboxylic acids is 1. The van der Waals surface area contributed by atoms with E-state index in [1.54, 1.807) is 36.4 Å². The van der Waals surface area contributed by atoms with Crippen LogP contribution in [0.1, 0.15) is 10.4 Å². The van der Waals surface area contributed by atoms with Gasteiger partial charge in [-0.25, -0.2) is 4.31 Å². The van der Waals surface area contributed by atoms with Gasteiger partial charge in [-0.15, -0.1) is 0 Å². The van der Waals surface area contributed by atoms with E-state index in [1.807, 2.05) is 6.07 Å². The number of carbonyl (C=O) groups is 1. The molecule has 0 saturated carbocycles. The van der Waals surface area contributed by atoms with E-state index in [1.165, 1.54) is 12.1 Å². The number of nitro benzene ring substituents is 1. The molecule has 1 saturated heterocycles. The summed E-state index contributed by atoms with van der Waals surface area (Å²) in [6.07, 6.45) is 0. The third-order valence-corrected chi connectivity index (χ3v) is 5.55. The number of non-ortho nitro benzene ring substituents is 1. The smallest absolute Gasteiger partial charge is 0.284 e. The molecule has 25 heavy (non-hydrogen) atoms. The van der Waals surface area contributed by atoms with Crippen molar-refractivity contribution in [2.24, 2.45) is 4.36 Å². The second kappa shape index (κ2) is 8.11. The highest BCUT2D eigenvalue weighted by molar-refractivity contribution is 7.85. The Morgan fingerprint density at radius 3 is 2.32 bits per heavy atom. The van der Waals surface area contributed by atoms with Gasteiger partial charge in [0.1, 0.15) is 0 Å². The molecule has 0 aromatic heterocycles. The van der Waals surface area contributed by atoms with Crippen LogP contribution in [-0.4, -0.2) is 41.4 Å². The van der Waals surface area contributed by atoms with Gasteiger partial charge in [0.25, 0.3) is 11.6 Å². The Morgan fingerprint density at radius 2 is 1.72 bits per heavy atom. The molecule has 130 valence electrons. The predicted octanol–water partition coefficient (Wildman–Crippen LogP) is 2.84. The first-order chi connectivity index (χ1) is 12.1. The summed E-state index contributed by atoms with van der Waals surface area (Å²) >= 11 is 0. The Morgan fingerprint density at radius 1 is 1.08 bits per heavy atom. The molecule has 1 heterocycles. The van der Waals surface area contributed by atoms with Crippen LogP contribution >= 0.6 is 0 Å². The first-order valence-electron chi connectivity index (χ1n) is 7.78. The molecule has 0 N–H and O–H groups in total. The number of hydrogen-bond donors (Lipinski definition) is 0. The third kappa shape index (κ3) is 4.36. The second-order valence-electron chi connectivity index (χ2n) is 5.32. The average Bonchev–Trinajstić information content (AvgIpc) is 2.67. The standard InChI is InChI=1S/C17H17N3O4S/c21-17(14-4-2-1-3-5-14)18-25(19-10-12-24-13-11-19)16-8-6-15(7-9-16)20(22)23/h1-9H,10-13H2. The van der Waals surface area contributed by atoms with Crippen molar-refractivity contribution in [1.29, 1.82) is 0 Å². The normalized spacial score (nSPS) is 16.5. The van der Waals surface area contributed by atoms with Crippen molar-refractivity contribution in [2.75, 3.05) is 26.3 Å². The summed E-state index contributed by atoms with van der Waals surface area (Å²) in [5.41, 5.74) is 0.541. The quantitative estimate of drug-likeness (QED) is 0.619. The van der Waals surface area contributed by atoms with Crippen molar-refractivity contribution in [3.8, 4) is 0 Å². The van der Waals surface area contributed by atoms with E-state index in [-0.39, 0.29) is 11.6 Å². The van der Waals surface area contributed by atoms with Crippen LogP contribution in [0.4, 0.5) is 5.69 Å². The maximum Gasteiger partial charge on any atom is 0.284 e. The van der Waals surface area contributed by atoms with Crippen molar-refractivity contribution in [3.63, 3.8) is 0 Å². The van der Waals surface area contributed by atoms with Gasteiger partial charge in [-0.05, 0) is 24.3 Å². The molecule has 1 fully saturated rings. The van der Waals surface area contributed by atoms with Gasteiger partial charge in [0.2, 0.25) is 0 Å². The van der Waals surface area contributed by atoms with Crippen LogP contribution in [-0.2, 0) is 15.6 Å². The number of hydrogen-bond acceptors (Lipinski definition) is 4. The molecule has 0 bridgehead atoms. The van der Waals surface area contributed by atoms with Crippen LogP contribution in [0.3, 0.4) is 0 Å². The van der Waals surface area contributed by atoms with Gasteiger partial charge in [0.15, 0.2) is 0 Å². The van der Waals surface area contributed by atoms with Gasteiger partial charge in [0.05, 0.1) is 18.1 Å². The molecule has 0 spiro atoms. The Bertz CT molecular complexity index is 787. The number of benzene rings is 2. The molecule has 2 aromatic carbocycles. The molecule has 0 aliphatic carbocycles. The maximum atomic E-state index is 12.5. The minimum atomic E-state index is -0.820. The summed E-state index contributed by atoms with van der Waals surface area (Å²) < 4.78 is 11.9. The fourth-order valence-electron chi connectivity index (χ4n) is 2.38. The summed E-state index contributed by atoms with van der Waals surface area (Å²) in [4.78, 5) is 23.7. The van der Waals surface area contributed by atoms with Crippen molar-refractivity contribution in [3.05, 3.63) is 70.3 Å². The summed E-state index contributed by atoms with van der Waals surface area (Å²) in [5.74, 6) is -0.297. The highest BCUT2D eigenvalue weighted by Gasteiger charge is 2.19. The Balaban J connectivity index is 1.95. The number of ether oxygens (including phenoxy) is 1. The molecular weight excluding hydrogens is 342 g/mol. The first-order valence-corrected chi connectivity index (χ1v) is 8.92. The van der Waals surface area contributed by atoms with E-state index in [0.29, 0.717) is 31.9 Å². The Labute approximate surface area is 147 Å². The highest BCUT2D eigenvalue weighted by Crippen LogP contribution is 2.20. The molecule has 0 radical (unpaired) electrons. The van der Waals surface area contributed by atoms with Crippen molar-refractivity contribution in [2.45, 2.75) is 4.90 Å². The lowest BCUT2D eigenvalue weighted by atomic mass is 10.2. The molecule has 2 aromatic rings. The maximum absolute atomic E-state index is 12.5. The van der Waals surface area contributed by atoms with E-state index >= 15 is 0 Å². The molecule has 1 aliphatic rings. The number of nitrogens with zero attached hydrogens (tertiary/aromatic N) is 3. The van der Waals surface area contributed by atoms with Gasteiger partial charge in [-0.2, -0.15) is 4.36 Å². The monoisotopic (exact) mass is 359 g/mol.